The first-order chi connectivity index (χ1) is 34.3. The molecule has 414 valence electrons. The summed E-state index contributed by atoms with van der Waals surface area (Å²) in [7, 11) is 0. The fourth-order valence-electron chi connectivity index (χ4n) is 9.52. The van der Waals surface area contributed by atoms with E-state index in [-0.39, 0.29) is 23.7 Å². The number of allylic oxidation sites excluding steroid dienone is 2. The average Bonchev–Trinajstić information content (AvgIpc) is 3.35. The third-order valence-electron chi connectivity index (χ3n) is 14.4. The summed E-state index contributed by atoms with van der Waals surface area (Å²) in [6.45, 7) is 12.1. The molecule has 7 N–H and O–H groups in total. The summed E-state index contributed by atoms with van der Waals surface area (Å²) in [6, 6.07) is 0. The molecule has 21 heteroatoms. The van der Waals surface area contributed by atoms with Crippen LogP contribution in [0.4, 0.5) is 0 Å². The van der Waals surface area contributed by atoms with Crippen LogP contribution in [0.5, 0.6) is 0 Å². The molecule has 0 aliphatic carbocycles. The minimum Gasteiger partial charge on any atom is -0.456 e. The highest BCUT2D eigenvalue weighted by molar-refractivity contribution is 5.88. The number of ether oxygens (including phenoxy) is 11. The van der Waals surface area contributed by atoms with E-state index >= 15 is 0 Å². The van der Waals surface area contributed by atoms with Gasteiger partial charge in [0.15, 0.2) is 49.6 Å². The van der Waals surface area contributed by atoms with Crippen molar-refractivity contribution in [1.29, 1.82) is 0 Å². The van der Waals surface area contributed by atoms with Crippen LogP contribution in [0.15, 0.2) is 23.3 Å². The Morgan fingerprint density at radius 2 is 1.18 bits per heavy atom. The molecule has 5 heterocycles. The second-order valence-corrected chi connectivity index (χ2v) is 19.9. The molecule has 2 bridgehead atoms. The highest BCUT2D eigenvalue weighted by Gasteiger charge is 2.57. The van der Waals surface area contributed by atoms with Crippen molar-refractivity contribution in [3.63, 3.8) is 0 Å². The first-order valence-electron chi connectivity index (χ1n) is 26.2. The Morgan fingerprint density at radius 1 is 0.583 bits per heavy atom. The number of aliphatic hydroxyl groups is 7. The predicted molar refractivity (Wildman–Crippen MR) is 253 cm³/mol. The van der Waals surface area contributed by atoms with Gasteiger partial charge in [-0.2, -0.15) is 0 Å². The van der Waals surface area contributed by atoms with E-state index in [2.05, 4.69) is 6.92 Å². The molecule has 5 saturated heterocycles. The summed E-state index contributed by atoms with van der Waals surface area (Å²) in [4.78, 5) is 39.8. The molecule has 21 nitrogen and oxygen atoms in total. The van der Waals surface area contributed by atoms with E-state index in [9.17, 15) is 50.1 Å². The Balaban J connectivity index is 1.51. The number of carbonyl (C=O) groups is 3. The van der Waals surface area contributed by atoms with Crippen molar-refractivity contribution in [2.75, 3.05) is 6.61 Å². The molecule has 0 amide bonds. The van der Waals surface area contributed by atoms with Gasteiger partial charge >= 0.3 is 17.9 Å². The molecule has 21 atom stereocenters. The molecule has 0 aromatic rings. The molecule has 5 rings (SSSR count). The van der Waals surface area contributed by atoms with E-state index in [0.717, 1.165) is 64.2 Å². The smallest absolute Gasteiger partial charge is 0.333 e. The Bertz CT molecular complexity index is 1750. The molecule has 5 aliphatic rings. The summed E-state index contributed by atoms with van der Waals surface area (Å²) >= 11 is 0. The van der Waals surface area contributed by atoms with Gasteiger partial charge in [-0.1, -0.05) is 83.3 Å². The lowest BCUT2D eigenvalue weighted by Crippen LogP contribution is -2.68. The molecular formula is C51H84O21. The maximum atomic E-state index is 13.7. The first kappa shape index (κ1) is 60.2. The molecule has 5 aliphatic heterocycles. The van der Waals surface area contributed by atoms with Crippen LogP contribution in [-0.2, 0) is 66.5 Å². The number of unbranched alkanes of at least 4 members (excludes halogenated alkanes) is 3. The van der Waals surface area contributed by atoms with E-state index < -0.39 is 147 Å². The fourth-order valence-corrected chi connectivity index (χ4v) is 9.52. The number of esters is 3. The van der Waals surface area contributed by atoms with Crippen LogP contribution in [-0.4, -0.2) is 189 Å². The van der Waals surface area contributed by atoms with Gasteiger partial charge in [-0.3, -0.25) is 4.79 Å². The lowest BCUT2D eigenvalue weighted by Gasteiger charge is -2.50. The van der Waals surface area contributed by atoms with E-state index in [1.54, 1.807) is 20.8 Å². The average molecular weight is 1030 g/mol. The van der Waals surface area contributed by atoms with Gasteiger partial charge < -0.3 is 87.9 Å². The second kappa shape index (κ2) is 29.0. The topological polar surface area (TPSA) is 294 Å². The second-order valence-electron chi connectivity index (χ2n) is 19.9. The third kappa shape index (κ3) is 15.7. The summed E-state index contributed by atoms with van der Waals surface area (Å²) in [6.07, 6.45) is -17.2. The Morgan fingerprint density at radius 3 is 1.82 bits per heavy atom. The first-order valence-corrected chi connectivity index (χ1v) is 26.2. The van der Waals surface area contributed by atoms with Crippen LogP contribution in [0.3, 0.4) is 0 Å². The monoisotopic (exact) mass is 1030 g/mol. The van der Waals surface area contributed by atoms with Gasteiger partial charge in [-0.25, -0.2) is 9.59 Å². The molecule has 0 aromatic heterocycles. The zero-order chi connectivity index (χ0) is 52.8. The van der Waals surface area contributed by atoms with Crippen LogP contribution in [0.2, 0.25) is 0 Å². The Kier molecular flexibility index (Phi) is 24.2. The van der Waals surface area contributed by atoms with E-state index in [1.165, 1.54) is 39.8 Å². The van der Waals surface area contributed by atoms with Crippen LogP contribution < -0.4 is 0 Å². The molecule has 0 aromatic carbocycles. The quantitative estimate of drug-likeness (QED) is 0.0570. The summed E-state index contributed by atoms with van der Waals surface area (Å²) in [5.41, 5.74) is 0.378. The Labute approximate surface area is 423 Å². The molecule has 5 fully saturated rings. The Hall–Kier alpha value is -2.71. The largest absolute Gasteiger partial charge is 0.456 e. The summed E-state index contributed by atoms with van der Waals surface area (Å²) in [5.74, 6) is -2.38. The van der Waals surface area contributed by atoms with Crippen molar-refractivity contribution >= 4 is 17.9 Å². The van der Waals surface area contributed by atoms with E-state index in [4.69, 9.17) is 52.1 Å². The molecule has 0 saturated carbocycles. The van der Waals surface area contributed by atoms with Crippen LogP contribution >= 0.6 is 0 Å². The molecule has 21 unspecified atom stereocenters. The molecular weight excluding hydrogens is 949 g/mol. The zero-order valence-electron chi connectivity index (χ0n) is 43.2. The summed E-state index contributed by atoms with van der Waals surface area (Å²) in [5, 5.41) is 79.9. The fraction of sp³-hybridized carbons (Fsp3) is 0.863. The number of rotatable bonds is 14. The van der Waals surface area contributed by atoms with Crippen LogP contribution in [0, 0.1) is 0 Å². The number of fused-ring (bicyclic) bond motifs is 3. The highest BCUT2D eigenvalue weighted by atomic mass is 16.8. The van der Waals surface area contributed by atoms with Gasteiger partial charge in [0.25, 0.3) is 0 Å². The molecule has 0 radical (unpaired) electrons. The van der Waals surface area contributed by atoms with Crippen molar-refractivity contribution in [2.24, 2.45) is 0 Å². The lowest BCUT2D eigenvalue weighted by molar-refractivity contribution is -0.399. The minimum atomic E-state index is -1.86. The maximum Gasteiger partial charge on any atom is 0.333 e. The van der Waals surface area contributed by atoms with Crippen LogP contribution in [0.1, 0.15) is 145 Å². The van der Waals surface area contributed by atoms with Gasteiger partial charge in [0, 0.05) is 17.6 Å². The number of hydrogen-bond acceptors (Lipinski definition) is 21. The van der Waals surface area contributed by atoms with Crippen molar-refractivity contribution in [3.8, 4) is 0 Å². The van der Waals surface area contributed by atoms with E-state index in [1.807, 2.05) is 0 Å². The van der Waals surface area contributed by atoms with Gasteiger partial charge in [-0.15, -0.1) is 0 Å². The van der Waals surface area contributed by atoms with Crippen molar-refractivity contribution < 1.29 is 102 Å². The van der Waals surface area contributed by atoms with Crippen molar-refractivity contribution in [2.45, 2.75) is 274 Å². The van der Waals surface area contributed by atoms with Crippen molar-refractivity contribution in [1.82, 2.24) is 0 Å². The lowest BCUT2D eigenvalue weighted by atomic mass is 9.95. The minimum absolute atomic E-state index is 0.0421. The number of aliphatic hydroxyl groups excluding tert-OH is 7. The van der Waals surface area contributed by atoms with Gasteiger partial charge in [0.1, 0.15) is 54.9 Å². The normalized spacial score (nSPS) is 41.4. The van der Waals surface area contributed by atoms with Gasteiger partial charge in [0.2, 0.25) is 0 Å². The molecule has 72 heavy (non-hydrogen) atoms. The van der Waals surface area contributed by atoms with Crippen LogP contribution in [0.25, 0.3) is 0 Å². The zero-order valence-corrected chi connectivity index (χ0v) is 43.2. The highest BCUT2D eigenvalue weighted by Crippen LogP contribution is 2.38. The SMILES string of the molecule is CC=C(C)C(=O)OC1C(C)OC(OC2C(C)OC(OC3C4OC(CO)C(O)C3OC(=O)CCCCCCCCCC(CCCCCC)OC3OC(C)C(O)C(O)C3O4)C(OC(=O)C(C)=CC)C2O)C(O)C1O. The standard InChI is InChI=1S/C51H84O21/c1-9-12-13-19-22-31-23-20-17-15-14-16-18-21-24-33(53)67-42-35(55)32(25-52)66-51(71-43-36(56)34(54)28(6)62-49(43)65-31)45(42)72-50-44(69-47(61)27(5)11-3)39(59)41(30(8)64-50)70-48-38(58)37(57)40(29(7)63-48)68-46(60)26(4)10-2/h10-11,28-32,34-45,48-52,54-59H,9,12-25H2,1-8H3. The van der Waals surface area contributed by atoms with E-state index in [0.29, 0.717) is 19.3 Å². The summed E-state index contributed by atoms with van der Waals surface area (Å²) < 4.78 is 67.7. The maximum absolute atomic E-state index is 13.7. The van der Waals surface area contributed by atoms with Crippen molar-refractivity contribution in [3.05, 3.63) is 23.3 Å². The number of hydrogen-bond donors (Lipinski definition) is 7. The molecule has 0 spiro atoms. The third-order valence-corrected chi connectivity index (χ3v) is 14.4. The predicted octanol–water partition coefficient (Wildman–Crippen LogP) is 2.81. The van der Waals surface area contributed by atoms with Gasteiger partial charge in [0.05, 0.1) is 31.0 Å². The van der Waals surface area contributed by atoms with Gasteiger partial charge in [-0.05, 0) is 67.7 Å². The number of carbonyl (C=O) groups excluding carboxylic acids is 3.